The quantitative estimate of drug-likeness (QED) is 0.903. The molecule has 2 atom stereocenters. The Hall–Kier alpha value is -1.60. The summed E-state index contributed by atoms with van der Waals surface area (Å²) >= 11 is 0. The first-order valence-electron chi connectivity index (χ1n) is 8.52. The Morgan fingerprint density at radius 2 is 1.96 bits per heavy atom. The van der Waals surface area contributed by atoms with Crippen molar-refractivity contribution in [2.75, 3.05) is 26.7 Å². The van der Waals surface area contributed by atoms with Gasteiger partial charge in [-0.1, -0.05) is 18.6 Å². The molecule has 2 unspecified atom stereocenters. The van der Waals surface area contributed by atoms with Crippen molar-refractivity contribution in [1.29, 1.82) is 0 Å². The minimum atomic E-state index is -4.40. The van der Waals surface area contributed by atoms with Gasteiger partial charge in [0.15, 0.2) is 0 Å². The topological polar surface area (TPSA) is 55.6 Å². The Balaban J connectivity index is 2.06. The monoisotopic (exact) mass is 356 g/mol. The summed E-state index contributed by atoms with van der Waals surface area (Å²) in [7, 11) is 1.98. The number of likely N-dealkylation sites (tertiary alicyclic amines) is 1. The fourth-order valence-corrected chi connectivity index (χ4v) is 4.56. The van der Waals surface area contributed by atoms with Crippen LogP contribution >= 0.6 is 0 Å². The van der Waals surface area contributed by atoms with Gasteiger partial charge in [0, 0.05) is 30.5 Å². The van der Waals surface area contributed by atoms with E-state index in [9.17, 15) is 18.0 Å². The Morgan fingerprint density at radius 3 is 2.52 bits per heavy atom. The second-order valence-corrected chi connectivity index (χ2v) is 7.19. The van der Waals surface area contributed by atoms with Crippen LogP contribution in [0.25, 0.3) is 0 Å². The molecule has 138 valence electrons. The molecule has 2 fully saturated rings. The number of carbonyl (C=O) groups excluding carboxylic acids is 1. The minimum absolute atomic E-state index is 0.0459. The maximum absolute atomic E-state index is 12.9. The van der Waals surface area contributed by atoms with Crippen LogP contribution in [-0.2, 0) is 10.3 Å². The zero-order chi connectivity index (χ0) is 18.2. The van der Waals surface area contributed by atoms with E-state index < -0.39 is 24.3 Å². The van der Waals surface area contributed by atoms with Gasteiger partial charge in [-0.2, -0.15) is 13.2 Å². The van der Waals surface area contributed by atoms with Gasteiger partial charge in [-0.3, -0.25) is 4.79 Å². The van der Waals surface area contributed by atoms with Gasteiger partial charge in [-0.15, -0.1) is 0 Å². The maximum atomic E-state index is 12.9. The largest absolute Gasteiger partial charge is 0.411 e. The van der Waals surface area contributed by atoms with Crippen LogP contribution in [0.15, 0.2) is 24.3 Å². The van der Waals surface area contributed by atoms with Gasteiger partial charge >= 0.3 is 6.18 Å². The van der Waals surface area contributed by atoms with E-state index in [4.69, 9.17) is 10.5 Å². The van der Waals surface area contributed by atoms with E-state index in [1.54, 1.807) is 24.3 Å². The molecule has 2 bridgehead atoms. The summed E-state index contributed by atoms with van der Waals surface area (Å²) in [5.41, 5.74) is 5.28. The van der Waals surface area contributed by atoms with Crippen LogP contribution in [0.1, 0.15) is 35.2 Å². The normalized spacial score (nSPS) is 30.2. The summed E-state index contributed by atoms with van der Waals surface area (Å²) in [6, 6.07) is 6.62. The molecule has 1 heterocycles. The smallest absolute Gasteiger partial charge is 0.366 e. The van der Waals surface area contributed by atoms with Crippen molar-refractivity contribution in [1.82, 2.24) is 4.90 Å². The molecule has 1 aliphatic heterocycles. The first-order chi connectivity index (χ1) is 11.7. The van der Waals surface area contributed by atoms with E-state index in [0.29, 0.717) is 24.2 Å². The molecular weight excluding hydrogens is 333 g/mol. The average Bonchev–Trinajstić information content (AvgIpc) is 2.52. The number of piperidine rings is 1. The van der Waals surface area contributed by atoms with E-state index in [1.165, 1.54) is 0 Å². The minimum Gasteiger partial charge on any atom is -0.366 e. The molecule has 1 saturated heterocycles. The van der Waals surface area contributed by atoms with Crippen molar-refractivity contribution >= 4 is 5.91 Å². The van der Waals surface area contributed by atoms with Gasteiger partial charge in [0.1, 0.15) is 12.2 Å². The molecule has 1 saturated carbocycles. The van der Waals surface area contributed by atoms with Crippen LogP contribution in [0.3, 0.4) is 0 Å². The number of rotatable bonds is 4. The van der Waals surface area contributed by atoms with Gasteiger partial charge in [0.2, 0.25) is 5.91 Å². The Morgan fingerprint density at radius 1 is 1.32 bits per heavy atom. The van der Waals surface area contributed by atoms with Crippen LogP contribution < -0.4 is 5.73 Å². The Bertz CT molecular complexity index is 633. The van der Waals surface area contributed by atoms with E-state index in [0.717, 1.165) is 19.3 Å². The van der Waals surface area contributed by atoms with Crippen molar-refractivity contribution in [3.05, 3.63) is 35.4 Å². The lowest BCUT2D eigenvalue weighted by atomic mass is 9.62. The standard InChI is InChI=1S/C18H23F3N2O2/c1-23-9-14-6-3-7-15(10-23)18(14,25-11-17(19,20)21)13-5-2-4-12(8-13)16(22)24/h2,4-5,8,14-15H,3,6-7,9-11H2,1H3,(H2,22,24). The molecule has 0 radical (unpaired) electrons. The van der Waals surface area contributed by atoms with E-state index in [1.807, 2.05) is 7.05 Å². The summed E-state index contributed by atoms with van der Waals surface area (Å²) in [5, 5.41) is 0. The number of halogens is 3. The molecule has 7 heteroatoms. The Labute approximate surface area is 145 Å². The summed E-state index contributed by atoms with van der Waals surface area (Å²) < 4.78 is 44.5. The van der Waals surface area contributed by atoms with E-state index in [-0.39, 0.29) is 11.8 Å². The highest BCUT2D eigenvalue weighted by atomic mass is 19.4. The fourth-order valence-electron chi connectivity index (χ4n) is 4.56. The number of carbonyl (C=O) groups is 1. The molecule has 0 aromatic heterocycles. The number of nitrogens with two attached hydrogens (primary N) is 1. The number of nitrogens with zero attached hydrogens (tertiary/aromatic N) is 1. The molecule has 0 spiro atoms. The molecule has 25 heavy (non-hydrogen) atoms. The zero-order valence-electron chi connectivity index (χ0n) is 14.2. The highest BCUT2D eigenvalue weighted by Crippen LogP contribution is 2.52. The Kier molecular flexibility index (Phi) is 4.81. The third kappa shape index (κ3) is 3.53. The summed E-state index contributed by atoms with van der Waals surface area (Å²) in [4.78, 5) is 13.7. The second kappa shape index (κ2) is 6.61. The molecule has 4 nitrogen and oxygen atoms in total. The molecular formula is C18H23F3N2O2. The lowest BCUT2D eigenvalue weighted by molar-refractivity contribution is -0.251. The van der Waals surface area contributed by atoms with Gasteiger partial charge in [-0.05, 0) is 37.6 Å². The molecule has 1 aliphatic carbocycles. The van der Waals surface area contributed by atoms with Gasteiger partial charge in [-0.25, -0.2) is 0 Å². The predicted octanol–water partition coefficient (Wildman–Crippen LogP) is 2.92. The molecule has 3 rings (SSSR count). The van der Waals surface area contributed by atoms with Gasteiger partial charge < -0.3 is 15.4 Å². The second-order valence-electron chi connectivity index (χ2n) is 7.19. The first kappa shape index (κ1) is 18.2. The van der Waals surface area contributed by atoms with Crippen molar-refractivity contribution in [3.8, 4) is 0 Å². The number of hydrogen-bond acceptors (Lipinski definition) is 3. The lowest BCUT2D eigenvalue weighted by Gasteiger charge is -2.55. The number of alkyl halides is 3. The molecule has 2 N–H and O–H groups in total. The van der Waals surface area contributed by atoms with E-state index in [2.05, 4.69) is 4.90 Å². The molecule has 1 amide bonds. The fraction of sp³-hybridized carbons (Fsp3) is 0.611. The van der Waals surface area contributed by atoms with Crippen molar-refractivity contribution in [3.63, 3.8) is 0 Å². The highest BCUT2D eigenvalue weighted by Gasteiger charge is 2.54. The van der Waals surface area contributed by atoms with Gasteiger partial charge in [0.25, 0.3) is 0 Å². The number of fused-ring (bicyclic) bond motifs is 2. The number of benzene rings is 1. The van der Waals surface area contributed by atoms with Crippen molar-refractivity contribution in [2.45, 2.75) is 31.0 Å². The van der Waals surface area contributed by atoms with Crippen molar-refractivity contribution in [2.24, 2.45) is 17.6 Å². The third-order valence-corrected chi connectivity index (χ3v) is 5.46. The number of hydrogen-bond donors (Lipinski definition) is 1. The summed E-state index contributed by atoms with van der Waals surface area (Å²) in [5.74, 6) is -0.683. The lowest BCUT2D eigenvalue weighted by Crippen LogP contribution is -2.59. The average molecular weight is 356 g/mol. The first-order valence-corrected chi connectivity index (χ1v) is 8.52. The van der Waals surface area contributed by atoms with Crippen LogP contribution in [0, 0.1) is 11.8 Å². The predicted molar refractivity (Wildman–Crippen MR) is 87.0 cm³/mol. The van der Waals surface area contributed by atoms with Crippen LogP contribution in [0.2, 0.25) is 0 Å². The zero-order valence-corrected chi connectivity index (χ0v) is 14.2. The third-order valence-electron chi connectivity index (χ3n) is 5.46. The number of primary amides is 1. The van der Waals surface area contributed by atoms with E-state index >= 15 is 0 Å². The number of ether oxygens (including phenoxy) is 1. The van der Waals surface area contributed by atoms with Crippen LogP contribution in [0.5, 0.6) is 0 Å². The summed E-state index contributed by atoms with van der Waals surface area (Å²) in [6.07, 6.45) is -1.80. The van der Waals surface area contributed by atoms with Crippen molar-refractivity contribution < 1.29 is 22.7 Å². The van der Waals surface area contributed by atoms with Crippen LogP contribution in [-0.4, -0.2) is 43.7 Å². The highest BCUT2D eigenvalue weighted by molar-refractivity contribution is 5.92. The molecule has 1 aromatic carbocycles. The summed E-state index contributed by atoms with van der Waals surface area (Å²) in [6.45, 7) is 0.0643. The SMILES string of the molecule is CN1CC2CCCC(C1)C2(OCC(F)(F)F)c1cccc(C(N)=O)c1. The molecule has 1 aromatic rings. The number of amides is 1. The van der Waals surface area contributed by atoms with Crippen LogP contribution in [0.4, 0.5) is 13.2 Å². The maximum Gasteiger partial charge on any atom is 0.411 e. The van der Waals surface area contributed by atoms with Gasteiger partial charge in [0.05, 0.1) is 0 Å². The molecule has 2 aliphatic rings.